The molecule has 0 spiro atoms. The van der Waals surface area contributed by atoms with Gasteiger partial charge in [0.25, 0.3) is 0 Å². The minimum absolute atomic E-state index is 0.218. The molecule has 1 saturated heterocycles. The van der Waals surface area contributed by atoms with Gasteiger partial charge in [0.1, 0.15) is 0 Å². The van der Waals surface area contributed by atoms with Crippen molar-refractivity contribution in [3.63, 3.8) is 0 Å². The number of hydrogen-bond acceptors (Lipinski definition) is 4. The number of nitrogens with zero attached hydrogens (tertiary/aromatic N) is 3. The zero-order chi connectivity index (χ0) is 13.2. The van der Waals surface area contributed by atoms with Gasteiger partial charge in [-0.05, 0) is 12.5 Å². The van der Waals surface area contributed by atoms with E-state index in [2.05, 4.69) is 15.5 Å². The fourth-order valence-electron chi connectivity index (χ4n) is 2.47. The molecule has 1 aromatic carbocycles. The number of benzene rings is 1. The molecule has 0 saturated carbocycles. The van der Waals surface area contributed by atoms with Crippen LogP contribution in [0.15, 0.2) is 30.5 Å². The number of fused-ring (bicyclic) bond motifs is 1. The second kappa shape index (κ2) is 4.84. The van der Waals surface area contributed by atoms with Crippen LogP contribution in [0.25, 0.3) is 10.9 Å². The molecule has 98 valence electrons. The summed E-state index contributed by atoms with van der Waals surface area (Å²) in [7, 11) is 1.85. The number of aromatic nitrogens is 2. The van der Waals surface area contributed by atoms with Crippen molar-refractivity contribution in [2.75, 3.05) is 18.9 Å². The number of rotatable bonds is 2. The Kier molecular flexibility index (Phi) is 3.03. The summed E-state index contributed by atoms with van der Waals surface area (Å²) >= 11 is 0. The van der Waals surface area contributed by atoms with Crippen molar-refractivity contribution in [1.82, 2.24) is 15.1 Å². The fourth-order valence-corrected chi connectivity index (χ4v) is 2.47. The third kappa shape index (κ3) is 2.36. The molecule has 1 aliphatic heterocycles. The molecule has 1 aliphatic rings. The van der Waals surface area contributed by atoms with Crippen molar-refractivity contribution in [3.8, 4) is 0 Å². The number of likely N-dealkylation sites (N-methyl/N-ethyl adjacent to an activating group) is 1. The lowest BCUT2D eigenvalue weighted by Gasteiger charge is -2.30. The number of nitrogens with one attached hydrogen (secondary N) is 1. The Morgan fingerprint density at radius 2 is 2.21 bits per heavy atom. The van der Waals surface area contributed by atoms with Crippen molar-refractivity contribution in [1.29, 1.82) is 0 Å². The summed E-state index contributed by atoms with van der Waals surface area (Å²) in [5.41, 5.74) is 1.87. The molecule has 0 aliphatic carbocycles. The number of hydrogen-bond donors (Lipinski definition) is 1. The van der Waals surface area contributed by atoms with Crippen LogP contribution in [-0.2, 0) is 4.79 Å². The van der Waals surface area contributed by atoms with Crippen LogP contribution in [-0.4, -0.2) is 40.6 Å². The Labute approximate surface area is 111 Å². The molecule has 5 heteroatoms. The van der Waals surface area contributed by atoms with Crippen LogP contribution in [0.3, 0.4) is 0 Å². The van der Waals surface area contributed by atoms with Gasteiger partial charge in [0.05, 0.1) is 17.4 Å². The number of carbonyl (C=O) groups is 1. The summed E-state index contributed by atoms with van der Waals surface area (Å²) in [6.07, 6.45) is 3.21. The topological polar surface area (TPSA) is 58.1 Å². The van der Waals surface area contributed by atoms with Gasteiger partial charge in [0.15, 0.2) is 0 Å². The predicted octanol–water partition coefficient (Wildman–Crippen LogP) is 1.66. The Bertz CT molecular complexity index is 608. The van der Waals surface area contributed by atoms with E-state index in [-0.39, 0.29) is 11.9 Å². The van der Waals surface area contributed by atoms with E-state index in [0.29, 0.717) is 6.42 Å². The first-order valence-electron chi connectivity index (χ1n) is 6.45. The largest absolute Gasteiger partial charge is 0.379 e. The quantitative estimate of drug-likeness (QED) is 0.888. The van der Waals surface area contributed by atoms with Crippen LogP contribution in [0.1, 0.15) is 12.8 Å². The number of amides is 1. The summed E-state index contributed by atoms with van der Waals surface area (Å²) in [5.74, 6) is 0.218. The first kappa shape index (κ1) is 11.9. The van der Waals surface area contributed by atoms with Gasteiger partial charge in [-0.1, -0.05) is 18.2 Å². The second-order valence-electron chi connectivity index (χ2n) is 4.93. The van der Waals surface area contributed by atoms with Crippen LogP contribution in [0.5, 0.6) is 0 Å². The van der Waals surface area contributed by atoms with Gasteiger partial charge in [-0.15, -0.1) is 0 Å². The van der Waals surface area contributed by atoms with Crippen molar-refractivity contribution >= 4 is 22.5 Å². The minimum Gasteiger partial charge on any atom is -0.379 e. The summed E-state index contributed by atoms with van der Waals surface area (Å²) < 4.78 is 0. The highest BCUT2D eigenvalue weighted by Crippen LogP contribution is 2.22. The van der Waals surface area contributed by atoms with E-state index >= 15 is 0 Å². The summed E-state index contributed by atoms with van der Waals surface area (Å²) in [6, 6.07) is 8.20. The smallest absolute Gasteiger partial charge is 0.222 e. The average molecular weight is 256 g/mol. The van der Waals surface area contributed by atoms with Crippen LogP contribution in [0, 0.1) is 0 Å². The zero-order valence-corrected chi connectivity index (χ0v) is 10.8. The molecule has 1 unspecified atom stereocenters. The molecule has 1 fully saturated rings. The standard InChI is InChI=1S/C14H16N4O/c1-18-9-10(6-7-14(18)19)16-13-8-15-17-12-5-3-2-4-11(12)13/h2-5,8,10H,6-7,9H2,1H3,(H,16,17). The highest BCUT2D eigenvalue weighted by atomic mass is 16.2. The third-order valence-corrected chi connectivity index (χ3v) is 3.53. The normalized spacial score (nSPS) is 19.7. The van der Waals surface area contributed by atoms with Gasteiger partial charge < -0.3 is 10.2 Å². The van der Waals surface area contributed by atoms with E-state index in [1.807, 2.05) is 31.3 Å². The van der Waals surface area contributed by atoms with E-state index in [1.54, 1.807) is 11.1 Å². The minimum atomic E-state index is 0.218. The van der Waals surface area contributed by atoms with Gasteiger partial charge >= 0.3 is 0 Å². The molecule has 0 bridgehead atoms. The molecule has 0 radical (unpaired) electrons. The molecular weight excluding hydrogens is 240 g/mol. The van der Waals surface area contributed by atoms with Crippen molar-refractivity contribution in [2.45, 2.75) is 18.9 Å². The zero-order valence-electron chi connectivity index (χ0n) is 10.8. The van der Waals surface area contributed by atoms with Gasteiger partial charge in [-0.2, -0.15) is 10.2 Å². The lowest BCUT2D eigenvalue weighted by molar-refractivity contribution is -0.132. The molecule has 1 N–H and O–H groups in total. The van der Waals surface area contributed by atoms with Crippen molar-refractivity contribution in [3.05, 3.63) is 30.5 Å². The number of anilines is 1. The van der Waals surface area contributed by atoms with E-state index < -0.39 is 0 Å². The Morgan fingerprint density at radius 1 is 1.37 bits per heavy atom. The molecule has 1 amide bonds. The van der Waals surface area contributed by atoms with Crippen molar-refractivity contribution < 1.29 is 4.79 Å². The summed E-state index contributed by atoms with van der Waals surface area (Å²) in [5, 5.41) is 12.7. The monoisotopic (exact) mass is 256 g/mol. The van der Waals surface area contributed by atoms with Crippen LogP contribution < -0.4 is 5.32 Å². The van der Waals surface area contributed by atoms with Crippen LogP contribution in [0.2, 0.25) is 0 Å². The van der Waals surface area contributed by atoms with Gasteiger partial charge in [-0.25, -0.2) is 0 Å². The highest BCUT2D eigenvalue weighted by molar-refractivity contribution is 5.90. The van der Waals surface area contributed by atoms with E-state index in [0.717, 1.165) is 29.6 Å². The van der Waals surface area contributed by atoms with E-state index in [9.17, 15) is 4.79 Å². The first-order chi connectivity index (χ1) is 9.24. The number of carbonyl (C=O) groups excluding carboxylic acids is 1. The lowest BCUT2D eigenvalue weighted by Crippen LogP contribution is -2.43. The fraction of sp³-hybridized carbons (Fsp3) is 0.357. The van der Waals surface area contributed by atoms with E-state index in [4.69, 9.17) is 0 Å². The van der Waals surface area contributed by atoms with Crippen LogP contribution >= 0.6 is 0 Å². The summed E-state index contributed by atoms with van der Waals surface area (Å²) in [4.78, 5) is 13.3. The SMILES string of the molecule is CN1CC(Nc2cnnc3ccccc23)CCC1=O. The second-order valence-corrected chi connectivity index (χ2v) is 4.93. The molecule has 19 heavy (non-hydrogen) atoms. The van der Waals surface area contributed by atoms with Crippen molar-refractivity contribution in [2.24, 2.45) is 0 Å². The van der Waals surface area contributed by atoms with Gasteiger partial charge in [-0.3, -0.25) is 4.79 Å². The first-order valence-corrected chi connectivity index (χ1v) is 6.45. The Balaban J connectivity index is 1.84. The number of likely N-dealkylation sites (tertiary alicyclic amines) is 1. The van der Waals surface area contributed by atoms with E-state index in [1.165, 1.54) is 0 Å². The molecule has 2 heterocycles. The molecule has 5 nitrogen and oxygen atoms in total. The molecule has 3 rings (SSSR count). The maximum Gasteiger partial charge on any atom is 0.222 e. The molecular formula is C14H16N4O. The molecule has 1 atom stereocenters. The number of piperidine rings is 1. The average Bonchev–Trinajstić information content (AvgIpc) is 2.43. The van der Waals surface area contributed by atoms with Gasteiger partial charge in [0.2, 0.25) is 5.91 Å². The van der Waals surface area contributed by atoms with Crippen LogP contribution in [0.4, 0.5) is 5.69 Å². The lowest BCUT2D eigenvalue weighted by atomic mass is 10.0. The Morgan fingerprint density at radius 3 is 3.05 bits per heavy atom. The predicted molar refractivity (Wildman–Crippen MR) is 73.8 cm³/mol. The Hall–Kier alpha value is -2.17. The molecule has 1 aromatic heterocycles. The summed E-state index contributed by atoms with van der Waals surface area (Å²) in [6.45, 7) is 0.732. The maximum atomic E-state index is 11.5. The molecule has 2 aromatic rings. The maximum absolute atomic E-state index is 11.5. The van der Waals surface area contributed by atoms with Gasteiger partial charge in [0, 0.05) is 31.4 Å². The third-order valence-electron chi connectivity index (χ3n) is 3.53. The highest BCUT2D eigenvalue weighted by Gasteiger charge is 2.23.